The number of benzene rings is 2. The number of halogens is 2. The molecular formula is C24H24F2N4O2S. The van der Waals surface area contributed by atoms with Gasteiger partial charge in [-0.05, 0) is 30.5 Å². The van der Waals surface area contributed by atoms with Crippen LogP contribution in [0, 0.1) is 17.6 Å². The summed E-state index contributed by atoms with van der Waals surface area (Å²) in [6, 6.07) is 10.3. The predicted molar refractivity (Wildman–Crippen MR) is 123 cm³/mol. The van der Waals surface area contributed by atoms with E-state index >= 15 is 0 Å². The number of rotatable bonds is 6. The van der Waals surface area contributed by atoms with E-state index in [0.717, 1.165) is 17.9 Å². The Morgan fingerprint density at radius 1 is 1.18 bits per heavy atom. The summed E-state index contributed by atoms with van der Waals surface area (Å²) >= 11 is 1.44. The minimum absolute atomic E-state index is 0.0264. The molecule has 1 amide bonds. The molecule has 0 bridgehead atoms. The lowest BCUT2D eigenvalue weighted by atomic mass is 10.1. The maximum absolute atomic E-state index is 14.9. The zero-order valence-corrected chi connectivity index (χ0v) is 19.4. The molecule has 0 fully saturated rings. The molecule has 3 aromatic rings. The molecule has 0 aliphatic carbocycles. The molecule has 1 aliphatic rings. The van der Waals surface area contributed by atoms with E-state index in [1.165, 1.54) is 22.7 Å². The largest absolute Gasteiger partial charge is 0.447 e. The van der Waals surface area contributed by atoms with Gasteiger partial charge in [-0.2, -0.15) is 4.98 Å². The summed E-state index contributed by atoms with van der Waals surface area (Å²) in [7, 11) is 0. The number of para-hydroxylation sites is 1. The second kappa shape index (κ2) is 9.82. The Hall–Kier alpha value is -3.07. The Labute approximate surface area is 195 Å². The third kappa shape index (κ3) is 4.83. The van der Waals surface area contributed by atoms with Crippen molar-refractivity contribution in [3.8, 4) is 17.1 Å². The van der Waals surface area contributed by atoms with E-state index in [4.69, 9.17) is 4.74 Å². The topological polar surface area (TPSA) is 68.2 Å². The first-order valence-corrected chi connectivity index (χ1v) is 11.8. The predicted octanol–water partition coefficient (Wildman–Crippen LogP) is 5.79. The number of anilines is 1. The number of nitrogens with zero attached hydrogens (tertiary/aromatic N) is 4. The molecular weight excluding hydrogens is 446 g/mol. The molecule has 0 saturated heterocycles. The molecule has 1 atom stereocenters. The van der Waals surface area contributed by atoms with Gasteiger partial charge in [0.2, 0.25) is 23.2 Å². The van der Waals surface area contributed by atoms with Crippen LogP contribution >= 0.6 is 11.8 Å². The fourth-order valence-electron chi connectivity index (χ4n) is 3.52. The smallest absolute Gasteiger partial charge is 0.247 e. The zero-order valence-electron chi connectivity index (χ0n) is 18.6. The summed E-state index contributed by atoms with van der Waals surface area (Å²) in [5.74, 6) is -0.436. The van der Waals surface area contributed by atoms with Crippen molar-refractivity contribution in [1.29, 1.82) is 0 Å². The molecule has 0 spiro atoms. The molecule has 172 valence electrons. The van der Waals surface area contributed by atoms with Crippen molar-refractivity contribution in [2.45, 2.75) is 45.0 Å². The Kier molecular flexibility index (Phi) is 6.88. The summed E-state index contributed by atoms with van der Waals surface area (Å²) in [4.78, 5) is 19.2. The molecule has 1 unspecified atom stereocenters. The highest BCUT2D eigenvalue weighted by Crippen LogP contribution is 2.44. The Morgan fingerprint density at radius 2 is 1.97 bits per heavy atom. The lowest BCUT2D eigenvalue weighted by Gasteiger charge is -2.31. The van der Waals surface area contributed by atoms with E-state index in [9.17, 15) is 13.6 Å². The highest BCUT2D eigenvalue weighted by Gasteiger charge is 2.37. The van der Waals surface area contributed by atoms with E-state index in [1.54, 1.807) is 18.2 Å². The van der Waals surface area contributed by atoms with E-state index in [-0.39, 0.29) is 23.8 Å². The summed E-state index contributed by atoms with van der Waals surface area (Å²) in [5, 5.41) is 9.01. The lowest BCUT2D eigenvalue weighted by molar-refractivity contribution is -0.120. The number of carbonyl (C=O) groups excluding carboxylic acids is 1. The molecule has 1 aromatic heterocycles. The number of aromatic nitrogens is 3. The van der Waals surface area contributed by atoms with Crippen LogP contribution in [-0.4, -0.2) is 26.8 Å². The first-order chi connectivity index (χ1) is 15.9. The molecule has 9 heteroatoms. The van der Waals surface area contributed by atoms with Gasteiger partial charge in [-0.15, -0.1) is 10.2 Å². The number of thioether (sulfide) groups is 1. The highest BCUT2D eigenvalue weighted by molar-refractivity contribution is 7.99. The second-order valence-corrected chi connectivity index (χ2v) is 9.11. The first kappa shape index (κ1) is 23.1. The van der Waals surface area contributed by atoms with Crippen LogP contribution < -0.4 is 9.64 Å². The summed E-state index contributed by atoms with van der Waals surface area (Å²) in [6.45, 7) is 6.05. The van der Waals surface area contributed by atoms with Crippen LogP contribution in [-0.2, 0) is 4.79 Å². The van der Waals surface area contributed by atoms with Crippen LogP contribution in [0.2, 0.25) is 0 Å². The maximum atomic E-state index is 14.9. The van der Waals surface area contributed by atoms with Crippen LogP contribution in [0.1, 0.15) is 45.4 Å². The monoisotopic (exact) mass is 470 g/mol. The van der Waals surface area contributed by atoms with Crippen LogP contribution in [0.5, 0.6) is 5.88 Å². The van der Waals surface area contributed by atoms with Gasteiger partial charge >= 0.3 is 0 Å². The Balaban J connectivity index is 1.90. The summed E-state index contributed by atoms with van der Waals surface area (Å²) in [6.07, 6.45) is -0.370. The number of amides is 1. The SMILES string of the molecule is CCCC(=O)N1c2ccccc2-c2nnc(SCC(C)C)nc2OC1c1ccc(F)cc1F. The van der Waals surface area contributed by atoms with E-state index in [2.05, 4.69) is 29.0 Å². The normalized spacial score (nSPS) is 15.0. The van der Waals surface area contributed by atoms with Crippen LogP contribution in [0.15, 0.2) is 47.6 Å². The van der Waals surface area contributed by atoms with Crippen LogP contribution in [0.25, 0.3) is 11.3 Å². The standard InChI is InChI=1S/C24H24F2N4O2S/c1-4-7-20(31)30-19-9-6-5-8-17(19)21-22(27-24(29-28-21)33-13-14(2)3)32-23(30)16-11-10-15(25)12-18(16)26/h5-6,8-12,14,23H,4,7,13H2,1-3H3. The van der Waals surface area contributed by atoms with Crippen LogP contribution in [0.3, 0.4) is 0 Å². The van der Waals surface area contributed by atoms with Gasteiger partial charge in [-0.25, -0.2) is 8.78 Å². The lowest BCUT2D eigenvalue weighted by Crippen LogP contribution is -2.38. The molecule has 1 aliphatic heterocycles. The Morgan fingerprint density at radius 3 is 2.70 bits per heavy atom. The third-order valence-electron chi connectivity index (χ3n) is 5.02. The molecule has 6 nitrogen and oxygen atoms in total. The summed E-state index contributed by atoms with van der Waals surface area (Å²) in [5.41, 5.74) is 1.49. The molecule has 0 saturated carbocycles. The number of hydrogen-bond donors (Lipinski definition) is 0. The van der Waals surface area contributed by atoms with Gasteiger partial charge < -0.3 is 4.74 Å². The molecule has 2 aromatic carbocycles. The Bertz CT molecular complexity index is 1170. The van der Waals surface area contributed by atoms with Gasteiger partial charge in [0.25, 0.3) is 0 Å². The average Bonchev–Trinajstić information content (AvgIpc) is 2.92. The zero-order chi connectivity index (χ0) is 23.5. The second-order valence-electron chi connectivity index (χ2n) is 8.12. The fraction of sp³-hybridized carbons (Fsp3) is 0.333. The quantitative estimate of drug-likeness (QED) is 0.425. The van der Waals surface area contributed by atoms with E-state index in [0.29, 0.717) is 34.4 Å². The van der Waals surface area contributed by atoms with Crippen molar-refractivity contribution >= 4 is 23.4 Å². The van der Waals surface area contributed by atoms with Gasteiger partial charge in [0, 0.05) is 29.4 Å². The molecule has 0 N–H and O–H groups in total. The maximum Gasteiger partial charge on any atom is 0.247 e. The van der Waals surface area contributed by atoms with Crippen molar-refractivity contribution < 1.29 is 18.3 Å². The number of ether oxygens (including phenoxy) is 1. The molecule has 2 heterocycles. The van der Waals surface area contributed by atoms with Gasteiger partial charge in [0.05, 0.1) is 5.69 Å². The van der Waals surface area contributed by atoms with Gasteiger partial charge in [0.1, 0.15) is 11.6 Å². The minimum Gasteiger partial charge on any atom is -0.447 e. The van der Waals surface area contributed by atoms with Crippen molar-refractivity contribution in [1.82, 2.24) is 15.2 Å². The molecule has 33 heavy (non-hydrogen) atoms. The van der Waals surface area contributed by atoms with Gasteiger partial charge in [-0.3, -0.25) is 9.69 Å². The summed E-state index contributed by atoms with van der Waals surface area (Å²) < 4.78 is 34.8. The van der Waals surface area contributed by atoms with E-state index in [1.807, 2.05) is 13.0 Å². The average molecular weight is 471 g/mol. The molecule has 0 radical (unpaired) electrons. The number of carbonyl (C=O) groups is 1. The van der Waals surface area contributed by atoms with Gasteiger partial charge in [0.15, 0.2) is 5.69 Å². The number of hydrogen-bond acceptors (Lipinski definition) is 6. The van der Waals surface area contributed by atoms with Crippen molar-refractivity contribution in [3.63, 3.8) is 0 Å². The molecule has 4 rings (SSSR count). The van der Waals surface area contributed by atoms with E-state index < -0.39 is 17.9 Å². The van der Waals surface area contributed by atoms with Crippen molar-refractivity contribution in [2.24, 2.45) is 5.92 Å². The number of fused-ring (bicyclic) bond motifs is 3. The van der Waals surface area contributed by atoms with Crippen molar-refractivity contribution in [2.75, 3.05) is 10.7 Å². The van der Waals surface area contributed by atoms with Gasteiger partial charge in [-0.1, -0.05) is 50.7 Å². The highest BCUT2D eigenvalue weighted by atomic mass is 32.2. The van der Waals surface area contributed by atoms with Crippen LogP contribution in [0.4, 0.5) is 14.5 Å². The fourth-order valence-corrected chi connectivity index (χ4v) is 4.25. The third-order valence-corrected chi connectivity index (χ3v) is 6.28. The van der Waals surface area contributed by atoms with Crippen molar-refractivity contribution in [3.05, 3.63) is 59.7 Å². The first-order valence-electron chi connectivity index (χ1n) is 10.8. The minimum atomic E-state index is -1.19.